The van der Waals surface area contributed by atoms with Crippen LogP contribution in [0.2, 0.25) is 0 Å². The van der Waals surface area contributed by atoms with Gasteiger partial charge in [0.25, 0.3) is 0 Å². The third kappa shape index (κ3) is 4.22. The van der Waals surface area contributed by atoms with E-state index in [0.717, 1.165) is 23.2 Å². The van der Waals surface area contributed by atoms with E-state index >= 15 is 0 Å². The van der Waals surface area contributed by atoms with E-state index in [4.69, 9.17) is 14.0 Å². The third-order valence-electron chi connectivity index (χ3n) is 5.67. The second-order valence-electron chi connectivity index (χ2n) is 8.68. The van der Waals surface area contributed by atoms with Gasteiger partial charge in [0, 0.05) is 11.9 Å². The molecule has 0 spiro atoms. The zero-order valence-corrected chi connectivity index (χ0v) is 17.7. The van der Waals surface area contributed by atoms with Crippen LogP contribution in [-0.4, -0.2) is 24.9 Å². The minimum absolute atomic E-state index is 0.363. The molecule has 0 atom stereocenters. The first-order valence-electron chi connectivity index (χ1n) is 9.74. The lowest BCUT2D eigenvalue weighted by molar-refractivity contribution is 0.00578. The molecule has 0 amide bonds. The number of para-hydroxylation sites is 1. The van der Waals surface area contributed by atoms with Crippen LogP contribution in [0.25, 0.3) is 0 Å². The summed E-state index contributed by atoms with van der Waals surface area (Å²) in [6, 6.07) is 12.8. The number of hydrogen-bond donors (Lipinski definition) is 0. The highest BCUT2D eigenvalue weighted by atomic mass is 16.7. The van der Waals surface area contributed by atoms with Gasteiger partial charge in [-0.25, -0.2) is 0 Å². The lowest BCUT2D eigenvalue weighted by atomic mass is 9.77. The fourth-order valence-corrected chi connectivity index (χ4v) is 3.51. The highest BCUT2D eigenvalue weighted by molar-refractivity contribution is 6.63. The molecule has 1 fully saturated rings. The normalized spacial score (nSPS) is 18.0. The maximum atomic E-state index is 6.24. The average molecular weight is 366 g/mol. The van der Waals surface area contributed by atoms with Crippen molar-refractivity contribution in [3.05, 3.63) is 58.7 Å². The second kappa shape index (κ2) is 7.33. The van der Waals surface area contributed by atoms with Gasteiger partial charge in [0.05, 0.1) is 17.8 Å². The number of hydrogen-bond acceptors (Lipinski definition) is 3. The Labute approximate surface area is 164 Å². The molecule has 0 saturated carbocycles. The van der Waals surface area contributed by atoms with Gasteiger partial charge in [0.15, 0.2) is 0 Å². The first-order chi connectivity index (χ1) is 12.6. The molecule has 2 aromatic carbocycles. The minimum Gasteiger partial charge on any atom is -0.493 e. The molecular weight excluding hydrogens is 335 g/mol. The van der Waals surface area contributed by atoms with Crippen molar-refractivity contribution in [2.75, 3.05) is 6.61 Å². The van der Waals surface area contributed by atoms with Crippen molar-refractivity contribution in [1.82, 2.24) is 0 Å². The molecule has 0 N–H and O–H groups in total. The first-order valence-corrected chi connectivity index (χ1v) is 9.74. The van der Waals surface area contributed by atoms with Crippen LogP contribution in [0.5, 0.6) is 5.75 Å². The van der Waals surface area contributed by atoms with Crippen LogP contribution in [-0.2, 0) is 15.7 Å². The number of ether oxygens (including phenoxy) is 1. The van der Waals surface area contributed by atoms with E-state index in [0.29, 0.717) is 6.61 Å². The fraction of sp³-hybridized carbons (Fsp3) is 0.478. The monoisotopic (exact) mass is 366 g/mol. The molecule has 0 aromatic heterocycles. The molecule has 3 nitrogen and oxygen atoms in total. The standard InChI is InChI=1S/C23H31BO3/c1-16-13-17(2)15-19(14-16)11-12-25-21-18(3)9-8-10-20(21)24-26-22(4,5)23(6,7)27-24/h8-10,13-15H,11-12H2,1-7H3. The third-order valence-corrected chi connectivity index (χ3v) is 5.67. The van der Waals surface area contributed by atoms with Crippen molar-refractivity contribution >= 4 is 12.6 Å². The van der Waals surface area contributed by atoms with Crippen LogP contribution in [0, 0.1) is 20.8 Å². The van der Waals surface area contributed by atoms with Crippen molar-refractivity contribution in [1.29, 1.82) is 0 Å². The van der Waals surface area contributed by atoms with Crippen molar-refractivity contribution in [3.8, 4) is 5.75 Å². The van der Waals surface area contributed by atoms with Crippen molar-refractivity contribution in [3.63, 3.8) is 0 Å². The molecule has 1 aliphatic rings. The van der Waals surface area contributed by atoms with E-state index in [1.165, 1.54) is 16.7 Å². The summed E-state index contributed by atoms with van der Waals surface area (Å²) in [6.45, 7) is 15.3. The Morgan fingerprint density at radius 1 is 0.889 bits per heavy atom. The van der Waals surface area contributed by atoms with Crippen molar-refractivity contribution in [2.24, 2.45) is 0 Å². The molecule has 0 radical (unpaired) electrons. The predicted octanol–water partition coefficient (Wildman–Crippen LogP) is 4.53. The predicted molar refractivity (Wildman–Crippen MR) is 112 cm³/mol. The maximum Gasteiger partial charge on any atom is 0.498 e. The van der Waals surface area contributed by atoms with E-state index in [9.17, 15) is 0 Å². The highest BCUT2D eigenvalue weighted by Gasteiger charge is 2.52. The summed E-state index contributed by atoms with van der Waals surface area (Å²) in [4.78, 5) is 0. The molecule has 0 bridgehead atoms. The van der Waals surface area contributed by atoms with Gasteiger partial charge in [-0.3, -0.25) is 0 Å². The van der Waals surface area contributed by atoms with Gasteiger partial charge in [-0.2, -0.15) is 0 Å². The van der Waals surface area contributed by atoms with E-state index in [1.54, 1.807) is 0 Å². The highest BCUT2D eigenvalue weighted by Crippen LogP contribution is 2.37. The zero-order valence-electron chi connectivity index (χ0n) is 17.7. The molecule has 144 valence electrons. The summed E-state index contributed by atoms with van der Waals surface area (Å²) in [5, 5.41) is 0. The molecule has 1 aliphatic heterocycles. The summed E-state index contributed by atoms with van der Waals surface area (Å²) < 4.78 is 18.7. The van der Waals surface area contributed by atoms with Gasteiger partial charge in [0.1, 0.15) is 5.75 Å². The molecule has 1 saturated heterocycles. The Balaban J connectivity index is 1.76. The topological polar surface area (TPSA) is 27.7 Å². The molecule has 0 aliphatic carbocycles. The number of rotatable bonds is 5. The summed E-state index contributed by atoms with van der Waals surface area (Å²) in [6.07, 6.45) is 0.875. The molecule has 0 unspecified atom stereocenters. The lowest BCUT2D eigenvalue weighted by Crippen LogP contribution is -2.41. The first kappa shape index (κ1) is 20.0. The Bertz CT molecular complexity index is 790. The molecule has 4 heteroatoms. The van der Waals surface area contributed by atoms with Gasteiger partial charge in [0.2, 0.25) is 0 Å². The molecular formula is C23H31BO3. The Morgan fingerprint density at radius 2 is 1.48 bits per heavy atom. The van der Waals surface area contributed by atoms with Crippen molar-refractivity contribution < 1.29 is 14.0 Å². The molecule has 27 heavy (non-hydrogen) atoms. The van der Waals surface area contributed by atoms with E-state index in [-0.39, 0.29) is 11.2 Å². The van der Waals surface area contributed by atoms with Gasteiger partial charge >= 0.3 is 7.12 Å². The van der Waals surface area contributed by atoms with Gasteiger partial charge in [-0.1, -0.05) is 47.5 Å². The quantitative estimate of drug-likeness (QED) is 0.728. The van der Waals surface area contributed by atoms with Gasteiger partial charge in [-0.05, 0) is 59.6 Å². The summed E-state index contributed by atoms with van der Waals surface area (Å²) in [5.74, 6) is 0.875. The average Bonchev–Trinajstić information content (AvgIpc) is 2.76. The molecule has 1 heterocycles. The van der Waals surface area contributed by atoms with Crippen LogP contribution in [0.1, 0.15) is 49.9 Å². The van der Waals surface area contributed by atoms with E-state index in [1.807, 2.05) is 12.1 Å². The van der Waals surface area contributed by atoms with E-state index in [2.05, 4.69) is 72.7 Å². The number of benzene rings is 2. The Morgan fingerprint density at radius 3 is 2.07 bits per heavy atom. The van der Waals surface area contributed by atoms with E-state index < -0.39 is 7.12 Å². The van der Waals surface area contributed by atoms with Crippen molar-refractivity contribution in [2.45, 2.75) is 66.1 Å². The minimum atomic E-state index is -0.411. The molecule has 2 aromatic rings. The number of aryl methyl sites for hydroxylation is 3. The smallest absolute Gasteiger partial charge is 0.493 e. The van der Waals surface area contributed by atoms with Gasteiger partial charge in [-0.15, -0.1) is 0 Å². The summed E-state index contributed by atoms with van der Waals surface area (Å²) >= 11 is 0. The largest absolute Gasteiger partial charge is 0.498 e. The van der Waals surface area contributed by atoms with Crippen LogP contribution < -0.4 is 10.2 Å². The van der Waals surface area contributed by atoms with Gasteiger partial charge < -0.3 is 14.0 Å². The fourth-order valence-electron chi connectivity index (χ4n) is 3.51. The maximum absolute atomic E-state index is 6.24. The summed E-state index contributed by atoms with van der Waals surface area (Å²) in [5.41, 5.74) is 5.22. The van der Waals surface area contributed by atoms with Crippen LogP contribution in [0.4, 0.5) is 0 Å². The molecule has 3 rings (SSSR count). The SMILES string of the molecule is Cc1cc(C)cc(CCOc2c(C)cccc2B2OC(C)(C)C(C)(C)O2)c1. The second-order valence-corrected chi connectivity index (χ2v) is 8.68. The zero-order chi connectivity index (χ0) is 19.8. The summed E-state index contributed by atoms with van der Waals surface area (Å²) in [7, 11) is -0.411. The Kier molecular flexibility index (Phi) is 5.42. The lowest BCUT2D eigenvalue weighted by Gasteiger charge is -2.32. The Hall–Kier alpha value is -1.78. The van der Waals surface area contributed by atoms with Crippen LogP contribution in [0.15, 0.2) is 36.4 Å². The van der Waals surface area contributed by atoms with Crippen LogP contribution >= 0.6 is 0 Å². The van der Waals surface area contributed by atoms with Crippen LogP contribution in [0.3, 0.4) is 0 Å².